The van der Waals surface area contributed by atoms with Crippen molar-refractivity contribution in [2.45, 2.75) is 33.3 Å². The zero-order chi connectivity index (χ0) is 17.0. The molecule has 0 spiro atoms. The summed E-state index contributed by atoms with van der Waals surface area (Å²) in [6, 6.07) is 8.91. The maximum Gasteiger partial charge on any atom is 0.265 e. The van der Waals surface area contributed by atoms with Crippen molar-refractivity contribution >= 4 is 11.6 Å². The zero-order valence-electron chi connectivity index (χ0n) is 13.3. The van der Waals surface area contributed by atoms with Crippen LogP contribution in [-0.2, 0) is 4.79 Å². The first kappa shape index (κ1) is 16.9. The van der Waals surface area contributed by atoms with Crippen LogP contribution in [0.4, 0.5) is 14.5 Å². The molecule has 0 bridgehead atoms. The second-order valence-corrected chi connectivity index (χ2v) is 5.40. The summed E-state index contributed by atoms with van der Waals surface area (Å²) in [6.07, 6.45) is -0.271. The van der Waals surface area contributed by atoms with Crippen LogP contribution in [0.2, 0.25) is 0 Å². The van der Waals surface area contributed by atoms with Gasteiger partial charge in [0.2, 0.25) is 0 Å². The molecule has 0 radical (unpaired) electrons. The Balaban J connectivity index is 2.10. The molecule has 2 rings (SSSR count). The Morgan fingerprint density at radius 1 is 1.13 bits per heavy atom. The predicted octanol–water partition coefficient (Wildman–Crippen LogP) is 4.38. The van der Waals surface area contributed by atoms with Gasteiger partial charge in [-0.2, -0.15) is 0 Å². The van der Waals surface area contributed by atoms with E-state index in [1.807, 2.05) is 39.0 Å². The zero-order valence-corrected chi connectivity index (χ0v) is 13.3. The Morgan fingerprint density at radius 3 is 2.48 bits per heavy atom. The first-order valence-electron chi connectivity index (χ1n) is 7.40. The molecular formula is C18H19F2NO2. The van der Waals surface area contributed by atoms with Gasteiger partial charge in [0, 0.05) is 11.8 Å². The van der Waals surface area contributed by atoms with Crippen LogP contribution in [0.3, 0.4) is 0 Å². The van der Waals surface area contributed by atoms with E-state index >= 15 is 0 Å². The van der Waals surface area contributed by atoms with Gasteiger partial charge in [-0.05, 0) is 44.0 Å². The summed E-state index contributed by atoms with van der Waals surface area (Å²) in [6.45, 7) is 5.70. The normalized spacial score (nSPS) is 11.9. The average molecular weight is 319 g/mol. The smallest absolute Gasteiger partial charge is 0.265 e. The third-order valence-electron chi connectivity index (χ3n) is 3.45. The van der Waals surface area contributed by atoms with E-state index in [-0.39, 0.29) is 5.69 Å². The van der Waals surface area contributed by atoms with Crippen molar-refractivity contribution in [3.63, 3.8) is 0 Å². The molecule has 0 saturated carbocycles. The summed E-state index contributed by atoms with van der Waals surface area (Å²) < 4.78 is 31.9. The lowest BCUT2D eigenvalue weighted by atomic mass is 10.1. The number of hydrogen-bond acceptors (Lipinski definition) is 2. The Hall–Kier alpha value is -2.43. The van der Waals surface area contributed by atoms with Gasteiger partial charge in [-0.3, -0.25) is 4.79 Å². The second-order valence-electron chi connectivity index (χ2n) is 5.40. The molecular weight excluding hydrogens is 300 g/mol. The van der Waals surface area contributed by atoms with Crippen molar-refractivity contribution in [1.82, 2.24) is 0 Å². The van der Waals surface area contributed by atoms with Gasteiger partial charge >= 0.3 is 0 Å². The van der Waals surface area contributed by atoms with Crippen LogP contribution in [0.25, 0.3) is 0 Å². The van der Waals surface area contributed by atoms with Crippen LogP contribution >= 0.6 is 0 Å². The number of anilines is 1. The number of halogens is 2. The van der Waals surface area contributed by atoms with E-state index in [2.05, 4.69) is 5.32 Å². The highest BCUT2D eigenvalue weighted by molar-refractivity contribution is 5.94. The molecule has 5 heteroatoms. The number of carbonyl (C=O) groups excluding carboxylic acids is 1. The fourth-order valence-electron chi connectivity index (χ4n) is 2.20. The van der Waals surface area contributed by atoms with Crippen molar-refractivity contribution in [3.8, 4) is 5.75 Å². The van der Waals surface area contributed by atoms with Gasteiger partial charge in [-0.25, -0.2) is 8.78 Å². The molecule has 2 aromatic rings. The molecule has 1 N–H and O–H groups in total. The first-order valence-corrected chi connectivity index (χ1v) is 7.40. The van der Waals surface area contributed by atoms with Crippen LogP contribution in [-0.4, -0.2) is 12.0 Å². The topological polar surface area (TPSA) is 38.3 Å². The number of ether oxygens (including phenoxy) is 1. The minimum absolute atomic E-state index is 0.191. The molecule has 0 aliphatic rings. The summed E-state index contributed by atoms with van der Waals surface area (Å²) in [5.74, 6) is -1.74. The Kier molecular flexibility index (Phi) is 5.32. The van der Waals surface area contributed by atoms with Crippen molar-refractivity contribution in [1.29, 1.82) is 0 Å². The first-order chi connectivity index (χ1) is 10.9. The molecule has 0 unspecified atom stereocenters. The predicted molar refractivity (Wildman–Crippen MR) is 85.6 cm³/mol. The highest BCUT2D eigenvalue weighted by Gasteiger charge is 2.19. The van der Waals surface area contributed by atoms with Crippen LogP contribution in [0.1, 0.15) is 24.5 Å². The number of hydrogen-bond donors (Lipinski definition) is 1. The fraction of sp³-hybridized carbons (Fsp3) is 0.278. The molecule has 2 aromatic carbocycles. The molecule has 0 aliphatic carbocycles. The Bertz CT molecular complexity index is 716. The number of aryl methyl sites for hydroxylation is 2. The summed E-state index contributed by atoms with van der Waals surface area (Å²) in [5, 5.41) is 2.54. The average Bonchev–Trinajstić information content (AvgIpc) is 2.50. The van der Waals surface area contributed by atoms with E-state index < -0.39 is 23.6 Å². The maximum atomic E-state index is 13.2. The molecule has 1 atom stereocenters. The largest absolute Gasteiger partial charge is 0.480 e. The third-order valence-corrected chi connectivity index (χ3v) is 3.45. The van der Waals surface area contributed by atoms with E-state index in [0.29, 0.717) is 12.2 Å². The van der Waals surface area contributed by atoms with Crippen LogP contribution in [0, 0.1) is 25.5 Å². The third kappa shape index (κ3) is 4.28. The Labute approximate surface area is 134 Å². The van der Waals surface area contributed by atoms with Crippen molar-refractivity contribution in [3.05, 3.63) is 59.2 Å². The quantitative estimate of drug-likeness (QED) is 0.888. The van der Waals surface area contributed by atoms with E-state index in [9.17, 15) is 13.6 Å². The second kappa shape index (κ2) is 7.22. The highest BCUT2D eigenvalue weighted by Crippen LogP contribution is 2.21. The number of amides is 1. The minimum Gasteiger partial charge on any atom is -0.480 e. The summed E-state index contributed by atoms with van der Waals surface area (Å²) in [7, 11) is 0. The van der Waals surface area contributed by atoms with Crippen molar-refractivity contribution < 1.29 is 18.3 Å². The number of carbonyl (C=O) groups is 1. The van der Waals surface area contributed by atoms with Gasteiger partial charge in [0.15, 0.2) is 17.7 Å². The van der Waals surface area contributed by atoms with Gasteiger partial charge in [0.05, 0.1) is 0 Å². The molecule has 0 aliphatic heterocycles. The summed E-state index contributed by atoms with van der Waals surface area (Å²) in [5.41, 5.74) is 2.23. The van der Waals surface area contributed by atoms with Gasteiger partial charge in [-0.15, -0.1) is 0 Å². The fourth-order valence-corrected chi connectivity index (χ4v) is 2.20. The van der Waals surface area contributed by atoms with Crippen LogP contribution in [0.15, 0.2) is 36.4 Å². The molecule has 23 heavy (non-hydrogen) atoms. The van der Waals surface area contributed by atoms with E-state index in [4.69, 9.17) is 4.74 Å². The number of rotatable bonds is 5. The monoisotopic (exact) mass is 319 g/mol. The van der Waals surface area contributed by atoms with Crippen molar-refractivity contribution in [2.24, 2.45) is 0 Å². The lowest BCUT2D eigenvalue weighted by molar-refractivity contribution is -0.122. The minimum atomic E-state index is -1.01. The van der Waals surface area contributed by atoms with E-state index in [0.717, 1.165) is 23.3 Å². The van der Waals surface area contributed by atoms with Crippen LogP contribution in [0.5, 0.6) is 5.75 Å². The number of nitrogens with one attached hydrogen (secondary N) is 1. The molecule has 0 saturated heterocycles. The van der Waals surface area contributed by atoms with Gasteiger partial charge in [0.1, 0.15) is 5.75 Å². The lowest BCUT2D eigenvalue weighted by Gasteiger charge is -2.19. The van der Waals surface area contributed by atoms with Gasteiger partial charge in [0.25, 0.3) is 5.91 Å². The van der Waals surface area contributed by atoms with E-state index in [1.165, 1.54) is 6.07 Å². The van der Waals surface area contributed by atoms with Crippen LogP contribution < -0.4 is 10.1 Å². The molecule has 122 valence electrons. The molecule has 1 amide bonds. The van der Waals surface area contributed by atoms with Gasteiger partial charge < -0.3 is 10.1 Å². The maximum absolute atomic E-state index is 13.2. The summed E-state index contributed by atoms with van der Waals surface area (Å²) >= 11 is 0. The summed E-state index contributed by atoms with van der Waals surface area (Å²) in [4.78, 5) is 12.3. The SMILES string of the molecule is CC[C@H](Oc1ccc(C)cc1C)C(=O)Nc1ccc(F)c(F)c1. The van der Waals surface area contributed by atoms with E-state index in [1.54, 1.807) is 0 Å². The lowest BCUT2D eigenvalue weighted by Crippen LogP contribution is -2.32. The Morgan fingerprint density at radius 2 is 1.87 bits per heavy atom. The standard InChI is InChI=1S/C18H19F2NO2/c1-4-16(23-17-8-5-11(2)9-12(17)3)18(22)21-13-6-7-14(19)15(20)10-13/h5-10,16H,4H2,1-3H3,(H,21,22)/t16-/m0/s1. The molecule has 0 heterocycles. The highest BCUT2D eigenvalue weighted by atomic mass is 19.2. The van der Waals surface area contributed by atoms with Gasteiger partial charge in [-0.1, -0.05) is 24.6 Å². The molecule has 3 nitrogen and oxygen atoms in total. The number of benzene rings is 2. The molecule has 0 fully saturated rings. The molecule has 0 aromatic heterocycles. The van der Waals surface area contributed by atoms with Crippen molar-refractivity contribution in [2.75, 3.05) is 5.32 Å².